The van der Waals surface area contributed by atoms with Crippen LogP contribution in [0.25, 0.3) is 5.69 Å². The molecular formula is C16H18N4O4. The number of benzene rings is 1. The molecule has 1 aliphatic rings. The van der Waals surface area contributed by atoms with Crippen LogP contribution in [0.15, 0.2) is 24.3 Å². The molecule has 1 aromatic heterocycles. The van der Waals surface area contributed by atoms with Crippen LogP contribution < -0.4 is 15.8 Å². The van der Waals surface area contributed by atoms with Gasteiger partial charge in [-0.1, -0.05) is 6.07 Å². The van der Waals surface area contributed by atoms with Crippen LogP contribution in [0.3, 0.4) is 0 Å². The van der Waals surface area contributed by atoms with Gasteiger partial charge in [-0.3, -0.25) is 4.79 Å². The van der Waals surface area contributed by atoms with Gasteiger partial charge in [-0.2, -0.15) is 0 Å². The third kappa shape index (κ3) is 3.48. The summed E-state index contributed by atoms with van der Waals surface area (Å²) in [6.07, 6.45) is 2.03. The molecule has 8 nitrogen and oxygen atoms in total. The zero-order valence-corrected chi connectivity index (χ0v) is 13.2. The minimum Gasteiger partial charge on any atom is -0.479 e. The molecule has 0 bridgehead atoms. The molecule has 8 heteroatoms. The maximum absolute atomic E-state index is 12.2. The second kappa shape index (κ2) is 6.23. The number of ether oxygens (including phenoxy) is 1. The zero-order valence-electron chi connectivity index (χ0n) is 13.2. The van der Waals surface area contributed by atoms with Crippen LogP contribution in [0.4, 0.5) is 5.82 Å². The lowest BCUT2D eigenvalue weighted by molar-refractivity contribution is -0.139. The largest absolute Gasteiger partial charge is 0.479 e. The molecule has 1 heterocycles. The summed E-state index contributed by atoms with van der Waals surface area (Å²) in [5.41, 5.74) is 7.97. The smallest absolute Gasteiger partial charge is 0.341 e. The summed E-state index contributed by atoms with van der Waals surface area (Å²) in [6, 6.07) is 6.98. The van der Waals surface area contributed by atoms with E-state index in [9.17, 15) is 9.59 Å². The average Bonchev–Trinajstić information content (AvgIpc) is 3.26. The Morgan fingerprint density at radius 2 is 2.17 bits per heavy atom. The van der Waals surface area contributed by atoms with E-state index in [-0.39, 0.29) is 17.8 Å². The molecule has 0 unspecified atom stereocenters. The van der Waals surface area contributed by atoms with Crippen molar-refractivity contribution in [3.63, 3.8) is 0 Å². The zero-order chi connectivity index (χ0) is 17.3. The van der Waals surface area contributed by atoms with Crippen LogP contribution in [0, 0.1) is 6.92 Å². The van der Waals surface area contributed by atoms with Gasteiger partial charge in [0.2, 0.25) is 5.88 Å². The van der Waals surface area contributed by atoms with Gasteiger partial charge in [0.05, 0.1) is 5.69 Å². The SMILES string of the molecule is Cc1ccc(C(=O)NC2CC2)cc1-n1nc(OCC(=O)O)cc1N. The van der Waals surface area contributed by atoms with E-state index >= 15 is 0 Å². The van der Waals surface area contributed by atoms with E-state index in [1.165, 1.54) is 10.7 Å². The summed E-state index contributed by atoms with van der Waals surface area (Å²) in [7, 11) is 0. The Morgan fingerprint density at radius 1 is 1.42 bits per heavy atom. The number of nitrogen functional groups attached to an aromatic ring is 1. The first-order valence-corrected chi connectivity index (χ1v) is 7.56. The number of nitrogens with two attached hydrogens (primary N) is 1. The third-order valence-corrected chi connectivity index (χ3v) is 3.67. The molecule has 24 heavy (non-hydrogen) atoms. The van der Waals surface area contributed by atoms with Gasteiger partial charge in [-0.15, -0.1) is 5.10 Å². The summed E-state index contributed by atoms with van der Waals surface area (Å²) in [5.74, 6) is -0.828. The highest BCUT2D eigenvalue weighted by Crippen LogP contribution is 2.24. The standard InChI is InChI=1S/C16H18N4O4/c1-9-2-3-10(16(23)18-11-4-5-11)6-12(9)20-13(17)7-14(19-20)24-8-15(21)22/h2-3,6-7,11H,4-5,8,17H2,1H3,(H,18,23)(H,21,22). The van der Waals surface area contributed by atoms with Gasteiger partial charge in [-0.05, 0) is 37.5 Å². The van der Waals surface area contributed by atoms with Crippen LogP contribution in [-0.2, 0) is 4.79 Å². The van der Waals surface area contributed by atoms with E-state index in [1.807, 2.05) is 13.0 Å². The fraction of sp³-hybridized carbons (Fsp3) is 0.312. The van der Waals surface area contributed by atoms with Crippen LogP contribution >= 0.6 is 0 Å². The molecule has 1 aliphatic carbocycles. The second-order valence-electron chi connectivity index (χ2n) is 5.75. The number of aryl methyl sites for hydroxylation is 1. The molecule has 1 saturated carbocycles. The van der Waals surface area contributed by atoms with Crippen molar-refractivity contribution >= 4 is 17.7 Å². The minimum atomic E-state index is -1.10. The lowest BCUT2D eigenvalue weighted by Crippen LogP contribution is -2.25. The van der Waals surface area contributed by atoms with Gasteiger partial charge in [0.15, 0.2) is 6.61 Å². The number of carboxylic acids is 1. The number of anilines is 1. The normalized spacial score (nSPS) is 13.5. The fourth-order valence-corrected chi connectivity index (χ4v) is 2.25. The van der Waals surface area contributed by atoms with Gasteiger partial charge in [0.25, 0.3) is 5.91 Å². The van der Waals surface area contributed by atoms with Crippen molar-refractivity contribution in [1.29, 1.82) is 0 Å². The van der Waals surface area contributed by atoms with Crippen molar-refractivity contribution in [2.45, 2.75) is 25.8 Å². The minimum absolute atomic E-state index is 0.113. The highest BCUT2D eigenvalue weighted by atomic mass is 16.5. The van der Waals surface area contributed by atoms with Crippen molar-refractivity contribution in [2.75, 3.05) is 12.3 Å². The molecule has 1 fully saturated rings. The summed E-state index contributed by atoms with van der Waals surface area (Å²) in [6.45, 7) is 1.37. The first kappa shape index (κ1) is 15.9. The molecule has 2 aromatic rings. The maximum atomic E-state index is 12.2. The fourth-order valence-electron chi connectivity index (χ4n) is 2.25. The van der Waals surface area contributed by atoms with E-state index < -0.39 is 12.6 Å². The quantitative estimate of drug-likeness (QED) is 0.730. The number of amides is 1. The van der Waals surface area contributed by atoms with E-state index in [0.29, 0.717) is 17.1 Å². The number of carbonyl (C=O) groups excluding carboxylic acids is 1. The van der Waals surface area contributed by atoms with Crippen molar-refractivity contribution in [1.82, 2.24) is 15.1 Å². The van der Waals surface area contributed by atoms with Crippen molar-refractivity contribution in [3.05, 3.63) is 35.4 Å². The number of rotatable bonds is 6. The number of aromatic nitrogens is 2. The number of nitrogens with one attached hydrogen (secondary N) is 1. The molecule has 4 N–H and O–H groups in total. The van der Waals surface area contributed by atoms with Gasteiger partial charge in [0.1, 0.15) is 5.82 Å². The molecular weight excluding hydrogens is 312 g/mol. The molecule has 1 amide bonds. The number of hydrogen-bond acceptors (Lipinski definition) is 5. The van der Waals surface area contributed by atoms with Gasteiger partial charge < -0.3 is 20.9 Å². The average molecular weight is 330 g/mol. The Labute approximate surface area is 138 Å². The highest BCUT2D eigenvalue weighted by Gasteiger charge is 2.24. The van der Waals surface area contributed by atoms with E-state index in [2.05, 4.69) is 10.4 Å². The predicted octanol–water partition coefficient (Wildman–Crippen LogP) is 1.12. The van der Waals surface area contributed by atoms with Crippen LogP contribution in [0.5, 0.6) is 5.88 Å². The van der Waals surface area contributed by atoms with Crippen molar-refractivity contribution in [2.24, 2.45) is 0 Å². The van der Waals surface area contributed by atoms with Gasteiger partial charge >= 0.3 is 5.97 Å². The Morgan fingerprint density at radius 3 is 2.83 bits per heavy atom. The molecule has 0 saturated heterocycles. The number of nitrogens with zero attached hydrogens (tertiary/aromatic N) is 2. The Hall–Kier alpha value is -3.03. The molecule has 0 aliphatic heterocycles. The summed E-state index contributed by atoms with van der Waals surface area (Å²) in [5, 5.41) is 15.7. The molecule has 0 spiro atoms. The Kier molecular flexibility index (Phi) is 4.11. The number of carbonyl (C=O) groups is 2. The topological polar surface area (TPSA) is 119 Å². The second-order valence-corrected chi connectivity index (χ2v) is 5.75. The number of carboxylic acid groups (broad SMARTS) is 1. The summed E-state index contributed by atoms with van der Waals surface area (Å²) >= 11 is 0. The van der Waals surface area contributed by atoms with E-state index in [1.54, 1.807) is 12.1 Å². The van der Waals surface area contributed by atoms with Crippen LogP contribution in [-0.4, -0.2) is 39.4 Å². The Balaban J connectivity index is 1.87. The van der Waals surface area contributed by atoms with Gasteiger partial charge in [-0.25, -0.2) is 9.48 Å². The summed E-state index contributed by atoms with van der Waals surface area (Å²) < 4.78 is 6.47. The van der Waals surface area contributed by atoms with Gasteiger partial charge in [0, 0.05) is 17.7 Å². The molecule has 0 radical (unpaired) electrons. The monoisotopic (exact) mass is 330 g/mol. The highest BCUT2D eigenvalue weighted by molar-refractivity contribution is 5.95. The number of hydrogen-bond donors (Lipinski definition) is 3. The van der Waals surface area contributed by atoms with Crippen LogP contribution in [0.1, 0.15) is 28.8 Å². The van der Waals surface area contributed by atoms with Crippen LogP contribution in [0.2, 0.25) is 0 Å². The maximum Gasteiger partial charge on any atom is 0.341 e. The predicted molar refractivity (Wildman–Crippen MR) is 86.3 cm³/mol. The molecule has 1 aromatic carbocycles. The first-order valence-electron chi connectivity index (χ1n) is 7.56. The van der Waals surface area contributed by atoms with Crippen molar-refractivity contribution in [3.8, 4) is 11.6 Å². The van der Waals surface area contributed by atoms with E-state index in [0.717, 1.165) is 18.4 Å². The lowest BCUT2D eigenvalue weighted by Gasteiger charge is -2.10. The first-order chi connectivity index (χ1) is 11.4. The molecule has 0 atom stereocenters. The Bertz CT molecular complexity index is 795. The lowest BCUT2D eigenvalue weighted by atomic mass is 10.1. The molecule has 3 rings (SSSR count). The van der Waals surface area contributed by atoms with E-state index in [4.69, 9.17) is 15.6 Å². The third-order valence-electron chi connectivity index (χ3n) is 3.67. The summed E-state index contributed by atoms with van der Waals surface area (Å²) in [4.78, 5) is 22.8. The molecule has 126 valence electrons. The van der Waals surface area contributed by atoms with Crippen molar-refractivity contribution < 1.29 is 19.4 Å². The number of aliphatic carboxylic acids is 1.